The standard InChI is InChI=1S/C13H16O3/c1-2-12(14)11-8-6-10(7-9-11)4-3-5-13(15)16/h6-9H,2-5H2,1H3,(H,15,16). The van der Waals surface area contributed by atoms with E-state index >= 15 is 0 Å². The van der Waals surface area contributed by atoms with Crippen LogP contribution in [0.4, 0.5) is 0 Å². The van der Waals surface area contributed by atoms with Crippen molar-refractivity contribution in [3.63, 3.8) is 0 Å². The summed E-state index contributed by atoms with van der Waals surface area (Å²) in [6.07, 6.45) is 2.08. The average molecular weight is 220 g/mol. The van der Waals surface area contributed by atoms with E-state index in [-0.39, 0.29) is 12.2 Å². The second-order valence-corrected chi connectivity index (χ2v) is 3.72. The summed E-state index contributed by atoms with van der Waals surface area (Å²) in [7, 11) is 0. The highest BCUT2D eigenvalue weighted by Gasteiger charge is 2.03. The van der Waals surface area contributed by atoms with Crippen molar-refractivity contribution in [2.75, 3.05) is 0 Å². The number of hydrogen-bond acceptors (Lipinski definition) is 2. The van der Waals surface area contributed by atoms with Crippen molar-refractivity contribution >= 4 is 11.8 Å². The van der Waals surface area contributed by atoms with E-state index in [4.69, 9.17) is 5.11 Å². The average Bonchev–Trinajstić information content (AvgIpc) is 2.28. The number of Topliss-reactive ketones (excluding diaryl/α,β-unsaturated/α-hetero) is 1. The first-order chi connectivity index (χ1) is 7.63. The van der Waals surface area contributed by atoms with Crippen molar-refractivity contribution in [2.24, 2.45) is 0 Å². The Balaban J connectivity index is 2.51. The van der Waals surface area contributed by atoms with Gasteiger partial charge in [0.05, 0.1) is 0 Å². The quantitative estimate of drug-likeness (QED) is 0.750. The monoisotopic (exact) mass is 220 g/mol. The van der Waals surface area contributed by atoms with E-state index in [1.54, 1.807) is 0 Å². The van der Waals surface area contributed by atoms with Crippen LogP contribution in [0.3, 0.4) is 0 Å². The maximum absolute atomic E-state index is 11.4. The first-order valence-electron chi connectivity index (χ1n) is 5.47. The van der Waals surface area contributed by atoms with Crippen LogP contribution in [0.2, 0.25) is 0 Å². The zero-order valence-electron chi connectivity index (χ0n) is 9.40. The Morgan fingerprint density at radius 3 is 2.31 bits per heavy atom. The molecule has 0 aliphatic rings. The molecular weight excluding hydrogens is 204 g/mol. The maximum Gasteiger partial charge on any atom is 0.303 e. The Hall–Kier alpha value is -1.64. The van der Waals surface area contributed by atoms with Crippen molar-refractivity contribution in [3.05, 3.63) is 35.4 Å². The van der Waals surface area contributed by atoms with Crippen molar-refractivity contribution in [2.45, 2.75) is 32.6 Å². The van der Waals surface area contributed by atoms with Gasteiger partial charge in [0.1, 0.15) is 0 Å². The lowest BCUT2D eigenvalue weighted by atomic mass is 10.0. The molecule has 0 aliphatic heterocycles. The Labute approximate surface area is 95.1 Å². The Morgan fingerprint density at radius 1 is 1.19 bits per heavy atom. The summed E-state index contributed by atoms with van der Waals surface area (Å²) in [6, 6.07) is 7.40. The smallest absolute Gasteiger partial charge is 0.303 e. The molecule has 3 heteroatoms. The molecule has 0 spiro atoms. The van der Waals surface area contributed by atoms with Crippen molar-refractivity contribution in [1.82, 2.24) is 0 Å². The minimum atomic E-state index is -0.766. The van der Waals surface area contributed by atoms with Gasteiger partial charge in [-0.15, -0.1) is 0 Å². The molecule has 0 fully saturated rings. The van der Waals surface area contributed by atoms with Crippen LogP contribution in [-0.4, -0.2) is 16.9 Å². The molecule has 86 valence electrons. The molecule has 1 aromatic carbocycles. The second-order valence-electron chi connectivity index (χ2n) is 3.72. The molecule has 1 N–H and O–H groups in total. The minimum Gasteiger partial charge on any atom is -0.481 e. The lowest BCUT2D eigenvalue weighted by molar-refractivity contribution is -0.137. The van der Waals surface area contributed by atoms with Gasteiger partial charge in [-0.05, 0) is 18.4 Å². The number of carboxylic acid groups (broad SMARTS) is 1. The molecule has 0 unspecified atom stereocenters. The lowest BCUT2D eigenvalue weighted by Crippen LogP contribution is -1.98. The van der Waals surface area contributed by atoms with Crippen LogP contribution < -0.4 is 0 Å². The minimum absolute atomic E-state index is 0.136. The predicted molar refractivity (Wildman–Crippen MR) is 61.6 cm³/mol. The fraction of sp³-hybridized carbons (Fsp3) is 0.385. The summed E-state index contributed by atoms with van der Waals surface area (Å²) in [4.78, 5) is 21.7. The van der Waals surface area contributed by atoms with Gasteiger partial charge in [0.15, 0.2) is 5.78 Å². The van der Waals surface area contributed by atoms with E-state index in [1.165, 1.54) is 0 Å². The number of benzene rings is 1. The van der Waals surface area contributed by atoms with Gasteiger partial charge in [0.2, 0.25) is 0 Å². The highest BCUT2D eigenvalue weighted by atomic mass is 16.4. The van der Waals surface area contributed by atoms with Gasteiger partial charge in [-0.2, -0.15) is 0 Å². The number of ketones is 1. The van der Waals surface area contributed by atoms with Gasteiger partial charge in [-0.1, -0.05) is 31.2 Å². The molecule has 0 aromatic heterocycles. The molecular formula is C13H16O3. The fourth-order valence-electron chi connectivity index (χ4n) is 1.51. The first-order valence-corrected chi connectivity index (χ1v) is 5.47. The van der Waals surface area contributed by atoms with E-state index < -0.39 is 5.97 Å². The van der Waals surface area contributed by atoms with E-state index in [0.29, 0.717) is 12.8 Å². The third-order valence-electron chi connectivity index (χ3n) is 2.45. The molecule has 0 saturated heterocycles. The highest BCUT2D eigenvalue weighted by molar-refractivity contribution is 5.95. The molecule has 3 nitrogen and oxygen atoms in total. The molecule has 0 saturated carbocycles. The number of carbonyl (C=O) groups excluding carboxylic acids is 1. The molecule has 0 heterocycles. The molecule has 0 bridgehead atoms. The number of aryl methyl sites for hydroxylation is 1. The number of hydrogen-bond donors (Lipinski definition) is 1. The van der Waals surface area contributed by atoms with Gasteiger partial charge in [-0.25, -0.2) is 0 Å². The van der Waals surface area contributed by atoms with Crippen LogP contribution in [0.1, 0.15) is 42.1 Å². The summed E-state index contributed by atoms with van der Waals surface area (Å²) in [5.74, 6) is -0.630. The lowest BCUT2D eigenvalue weighted by Gasteiger charge is -2.01. The van der Waals surface area contributed by atoms with Gasteiger partial charge in [-0.3, -0.25) is 9.59 Å². The van der Waals surface area contributed by atoms with Crippen LogP contribution >= 0.6 is 0 Å². The van der Waals surface area contributed by atoms with Crippen molar-refractivity contribution in [3.8, 4) is 0 Å². The second kappa shape index (κ2) is 6.05. The maximum atomic E-state index is 11.4. The van der Waals surface area contributed by atoms with Gasteiger partial charge >= 0.3 is 5.97 Å². The predicted octanol–water partition coefficient (Wildman–Crippen LogP) is 2.69. The Kier molecular flexibility index (Phi) is 4.70. The zero-order chi connectivity index (χ0) is 12.0. The zero-order valence-corrected chi connectivity index (χ0v) is 9.40. The molecule has 16 heavy (non-hydrogen) atoms. The molecule has 0 aliphatic carbocycles. The Morgan fingerprint density at radius 2 is 1.81 bits per heavy atom. The number of carbonyl (C=O) groups is 2. The summed E-state index contributed by atoms with van der Waals surface area (Å²) < 4.78 is 0. The van der Waals surface area contributed by atoms with Gasteiger partial charge < -0.3 is 5.11 Å². The normalized spacial score (nSPS) is 10.1. The van der Waals surface area contributed by atoms with Crippen molar-refractivity contribution < 1.29 is 14.7 Å². The van der Waals surface area contributed by atoms with E-state index in [2.05, 4.69) is 0 Å². The van der Waals surface area contributed by atoms with Gasteiger partial charge in [0, 0.05) is 18.4 Å². The van der Waals surface area contributed by atoms with E-state index in [9.17, 15) is 9.59 Å². The highest BCUT2D eigenvalue weighted by Crippen LogP contribution is 2.09. The molecule has 0 amide bonds. The van der Waals surface area contributed by atoms with Crippen LogP contribution in [0, 0.1) is 0 Å². The fourth-order valence-corrected chi connectivity index (χ4v) is 1.51. The largest absolute Gasteiger partial charge is 0.481 e. The molecule has 1 aromatic rings. The van der Waals surface area contributed by atoms with Gasteiger partial charge in [0.25, 0.3) is 0 Å². The van der Waals surface area contributed by atoms with E-state index in [0.717, 1.165) is 17.5 Å². The topological polar surface area (TPSA) is 54.4 Å². The summed E-state index contributed by atoms with van der Waals surface area (Å²) in [5.41, 5.74) is 1.80. The summed E-state index contributed by atoms with van der Waals surface area (Å²) >= 11 is 0. The van der Waals surface area contributed by atoms with Crippen LogP contribution in [0.15, 0.2) is 24.3 Å². The van der Waals surface area contributed by atoms with Crippen LogP contribution in [-0.2, 0) is 11.2 Å². The molecule has 1 rings (SSSR count). The third-order valence-corrected chi connectivity index (χ3v) is 2.45. The number of carboxylic acids is 1. The SMILES string of the molecule is CCC(=O)c1ccc(CCCC(=O)O)cc1. The third kappa shape index (κ3) is 3.85. The summed E-state index contributed by atoms with van der Waals surface area (Å²) in [5, 5.41) is 8.50. The first kappa shape index (κ1) is 12.4. The number of rotatable bonds is 6. The van der Waals surface area contributed by atoms with E-state index in [1.807, 2.05) is 31.2 Å². The molecule has 0 radical (unpaired) electrons. The van der Waals surface area contributed by atoms with Crippen LogP contribution in [0.5, 0.6) is 0 Å². The number of aliphatic carboxylic acids is 1. The molecule has 0 atom stereocenters. The summed E-state index contributed by atoms with van der Waals surface area (Å²) in [6.45, 7) is 1.84. The Bertz CT molecular complexity index is 365. The van der Waals surface area contributed by atoms with Crippen molar-refractivity contribution in [1.29, 1.82) is 0 Å². The van der Waals surface area contributed by atoms with Crippen LogP contribution in [0.25, 0.3) is 0 Å².